The van der Waals surface area contributed by atoms with Crippen molar-refractivity contribution in [2.45, 2.75) is 32.4 Å². The molecule has 0 radical (unpaired) electrons. The van der Waals surface area contributed by atoms with Crippen LogP contribution in [-0.4, -0.2) is 31.6 Å². The molecule has 2 aromatic carbocycles. The van der Waals surface area contributed by atoms with Gasteiger partial charge in [0.25, 0.3) is 0 Å². The summed E-state index contributed by atoms with van der Waals surface area (Å²) in [6.45, 7) is 4.76. The van der Waals surface area contributed by atoms with Gasteiger partial charge in [-0.15, -0.1) is 0 Å². The van der Waals surface area contributed by atoms with E-state index in [0.717, 1.165) is 22.3 Å². The number of sulfonamides is 1. The summed E-state index contributed by atoms with van der Waals surface area (Å²) in [5.41, 5.74) is 3.62. The number of Topliss-reactive ketones (excluding diaryl/α,β-unsaturated/α-hetero) is 1. The highest BCUT2D eigenvalue weighted by molar-refractivity contribution is 7.88. The molecule has 0 unspecified atom stereocenters. The van der Waals surface area contributed by atoms with Crippen LogP contribution < -0.4 is 0 Å². The molecule has 3 rings (SSSR count). The van der Waals surface area contributed by atoms with Crippen LogP contribution in [0.25, 0.3) is 0 Å². The minimum Gasteiger partial charge on any atom is -0.294 e. The first-order valence-electron chi connectivity index (χ1n) is 9.00. The van der Waals surface area contributed by atoms with Gasteiger partial charge < -0.3 is 0 Å². The van der Waals surface area contributed by atoms with Crippen molar-refractivity contribution in [1.82, 2.24) is 4.31 Å². The van der Waals surface area contributed by atoms with E-state index < -0.39 is 10.0 Å². The molecule has 0 aliphatic carbocycles. The maximum absolute atomic E-state index is 12.9. The van der Waals surface area contributed by atoms with E-state index in [2.05, 4.69) is 0 Å². The van der Waals surface area contributed by atoms with Gasteiger partial charge in [0.2, 0.25) is 10.0 Å². The number of carbonyl (C=O) groups excluding carboxylic acids is 1. The predicted molar refractivity (Wildman–Crippen MR) is 104 cm³/mol. The van der Waals surface area contributed by atoms with Gasteiger partial charge in [-0.3, -0.25) is 4.79 Å². The molecule has 1 heterocycles. The maximum atomic E-state index is 12.9. The van der Waals surface area contributed by atoms with Crippen molar-refractivity contribution in [3.63, 3.8) is 0 Å². The van der Waals surface area contributed by atoms with Crippen molar-refractivity contribution in [2.75, 3.05) is 13.1 Å². The minimum atomic E-state index is -3.34. The van der Waals surface area contributed by atoms with Gasteiger partial charge in [0.1, 0.15) is 0 Å². The molecule has 1 saturated heterocycles. The van der Waals surface area contributed by atoms with E-state index >= 15 is 0 Å². The molecule has 0 saturated carbocycles. The Morgan fingerprint density at radius 1 is 1.04 bits per heavy atom. The third kappa shape index (κ3) is 4.22. The Kier molecular flexibility index (Phi) is 5.58. The molecule has 0 aromatic heterocycles. The lowest BCUT2D eigenvalue weighted by molar-refractivity contribution is 0.0874. The van der Waals surface area contributed by atoms with Crippen molar-refractivity contribution in [3.8, 4) is 0 Å². The van der Waals surface area contributed by atoms with Crippen LogP contribution in [0.3, 0.4) is 0 Å². The number of nitrogens with zero attached hydrogens (tertiary/aromatic N) is 1. The molecule has 1 aliphatic heterocycles. The molecular formula is C21H25NO3S. The lowest BCUT2D eigenvalue weighted by atomic mass is 9.87. The van der Waals surface area contributed by atoms with E-state index in [-0.39, 0.29) is 17.5 Å². The Balaban J connectivity index is 1.65. The zero-order valence-electron chi connectivity index (χ0n) is 15.3. The normalized spacial score (nSPS) is 16.5. The van der Waals surface area contributed by atoms with Gasteiger partial charge in [-0.1, -0.05) is 48.0 Å². The molecule has 4 nitrogen and oxygen atoms in total. The Morgan fingerprint density at radius 3 is 2.35 bits per heavy atom. The molecule has 0 N–H and O–H groups in total. The summed E-state index contributed by atoms with van der Waals surface area (Å²) in [4.78, 5) is 12.9. The first kappa shape index (κ1) is 18.8. The lowest BCUT2D eigenvalue weighted by Crippen LogP contribution is -2.40. The number of carbonyl (C=O) groups is 1. The van der Waals surface area contributed by atoms with Crippen LogP contribution >= 0.6 is 0 Å². The van der Waals surface area contributed by atoms with Crippen LogP contribution in [0.4, 0.5) is 0 Å². The number of ketones is 1. The average Bonchev–Trinajstić information content (AvgIpc) is 2.64. The van der Waals surface area contributed by atoms with Gasteiger partial charge in [-0.2, -0.15) is 0 Å². The zero-order valence-corrected chi connectivity index (χ0v) is 16.1. The quantitative estimate of drug-likeness (QED) is 0.753. The van der Waals surface area contributed by atoms with E-state index in [4.69, 9.17) is 0 Å². The molecule has 1 fully saturated rings. The third-order valence-electron chi connectivity index (χ3n) is 5.07. The number of hydrogen-bond acceptors (Lipinski definition) is 3. The molecule has 2 aromatic rings. The summed E-state index contributed by atoms with van der Waals surface area (Å²) in [6.07, 6.45) is 1.17. The molecule has 0 atom stereocenters. The number of benzene rings is 2. The predicted octanol–water partition coefficient (Wildman–Crippen LogP) is 3.73. The molecular weight excluding hydrogens is 346 g/mol. The van der Waals surface area contributed by atoms with Crippen LogP contribution in [0, 0.1) is 19.8 Å². The molecule has 26 heavy (non-hydrogen) atoms. The van der Waals surface area contributed by atoms with Gasteiger partial charge in [0.15, 0.2) is 5.78 Å². The fraction of sp³-hybridized carbons (Fsp3) is 0.381. The number of rotatable bonds is 5. The van der Waals surface area contributed by atoms with E-state index in [1.54, 1.807) is 0 Å². The van der Waals surface area contributed by atoms with Crippen molar-refractivity contribution < 1.29 is 13.2 Å². The fourth-order valence-corrected chi connectivity index (χ4v) is 5.06. The highest BCUT2D eigenvalue weighted by Crippen LogP contribution is 2.26. The molecule has 0 spiro atoms. The molecule has 0 amide bonds. The zero-order chi connectivity index (χ0) is 18.7. The van der Waals surface area contributed by atoms with E-state index in [1.165, 1.54) is 4.31 Å². The second kappa shape index (κ2) is 7.72. The van der Waals surface area contributed by atoms with Crippen LogP contribution in [0.1, 0.15) is 39.9 Å². The van der Waals surface area contributed by atoms with Gasteiger partial charge in [0, 0.05) is 24.6 Å². The van der Waals surface area contributed by atoms with Gasteiger partial charge in [0.05, 0.1) is 5.75 Å². The number of aryl methyl sites for hydroxylation is 2. The van der Waals surface area contributed by atoms with Crippen LogP contribution in [0.2, 0.25) is 0 Å². The van der Waals surface area contributed by atoms with Crippen LogP contribution in [-0.2, 0) is 15.8 Å². The van der Waals surface area contributed by atoms with Crippen LogP contribution in [0.5, 0.6) is 0 Å². The average molecular weight is 372 g/mol. The van der Waals surface area contributed by atoms with E-state index in [9.17, 15) is 13.2 Å². The van der Waals surface area contributed by atoms with E-state index in [1.807, 2.05) is 62.4 Å². The summed E-state index contributed by atoms with van der Waals surface area (Å²) >= 11 is 0. The van der Waals surface area contributed by atoms with Crippen molar-refractivity contribution in [2.24, 2.45) is 5.92 Å². The molecule has 0 bridgehead atoms. The Bertz CT molecular complexity index is 883. The smallest absolute Gasteiger partial charge is 0.218 e. The Hall–Kier alpha value is -1.98. The molecule has 5 heteroatoms. The Labute approximate surface area is 155 Å². The minimum absolute atomic E-state index is 0.0173. The standard InChI is InChI=1S/C21H25NO3S/c1-16-8-9-17(2)20(14-16)21(23)19-10-12-22(13-11-19)26(24,25)15-18-6-4-3-5-7-18/h3-9,14,19H,10-13,15H2,1-2H3. The summed E-state index contributed by atoms with van der Waals surface area (Å²) in [6, 6.07) is 15.1. The van der Waals surface area contributed by atoms with E-state index in [0.29, 0.717) is 25.9 Å². The summed E-state index contributed by atoms with van der Waals surface area (Å²) in [7, 11) is -3.34. The summed E-state index contributed by atoms with van der Waals surface area (Å²) in [5.74, 6) is 0.0636. The lowest BCUT2D eigenvalue weighted by Gasteiger charge is -2.30. The van der Waals surface area contributed by atoms with Crippen molar-refractivity contribution in [3.05, 3.63) is 70.8 Å². The number of piperidine rings is 1. The summed E-state index contributed by atoms with van der Waals surface area (Å²) in [5, 5.41) is 0. The fourth-order valence-electron chi connectivity index (χ4n) is 3.49. The SMILES string of the molecule is Cc1ccc(C)c(C(=O)C2CCN(S(=O)(=O)Cc3ccccc3)CC2)c1. The molecule has 138 valence electrons. The second-order valence-electron chi connectivity index (χ2n) is 7.10. The van der Waals surface area contributed by atoms with Gasteiger partial charge in [-0.25, -0.2) is 12.7 Å². The van der Waals surface area contributed by atoms with Crippen molar-refractivity contribution >= 4 is 15.8 Å². The topological polar surface area (TPSA) is 54.5 Å². The first-order chi connectivity index (χ1) is 12.4. The second-order valence-corrected chi connectivity index (χ2v) is 9.07. The Morgan fingerprint density at radius 2 is 1.69 bits per heavy atom. The highest BCUT2D eigenvalue weighted by atomic mass is 32.2. The monoisotopic (exact) mass is 371 g/mol. The van der Waals surface area contributed by atoms with Gasteiger partial charge >= 0.3 is 0 Å². The third-order valence-corrected chi connectivity index (χ3v) is 6.92. The van der Waals surface area contributed by atoms with Crippen molar-refractivity contribution in [1.29, 1.82) is 0 Å². The maximum Gasteiger partial charge on any atom is 0.218 e. The highest BCUT2D eigenvalue weighted by Gasteiger charge is 2.31. The first-order valence-corrected chi connectivity index (χ1v) is 10.6. The summed E-state index contributed by atoms with van der Waals surface area (Å²) < 4.78 is 26.8. The van der Waals surface area contributed by atoms with Gasteiger partial charge in [-0.05, 0) is 43.9 Å². The number of hydrogen-bond donors (Lipinski definition) is 0. The van der Waals surface area contributed by atoms with Crippen LogP contribution in [0.15, 0.2) is 48.5 Å². The largest absolute Gasteiger partial charge is 0.294 e. The molecule has 1 aliphatic rings.